The molecule has 0 aliphatic heterocycles. The average molecular weight is 387 g/mol. The largest absolute Gasteiger partial charge is 0.472 e. The Morgan fingerprint density at radius 1 is 1.16 bits per heavy atom. The van der Waals surface area contributed by atoms with Crippen LogP contribution in [0, 0.1) is 31.3 Å². The van der Waals surface area contributed by atoms with Gasteiger partial charge in [0.25, 0.3) is 0 Å². The summed E-state index contributed by atoms with van der Waals surface area (Å²) in [5.41, 5.74) is 11.7. The summed E-state index contributed by atoms with van der Waals surface area (Å²) in [6, 6.07) is 3.97. The molecule has 0 saturated heterocycles. The zero-order chi connectivity index (χ0) is 14.6. The quantitative estimate of drug-likeness (QED) is 0.581. The fraction of sp³-hybridized carbons (Fsp3) is 0.267. The maximum Gasteiger partial charge on any atom is 0.107 e. The van der Waals surface area contributed by atoms with Crippen molar-refractivity contribution in [3.63, 3.8) is 0 Å². The first kappa shape index (κ1) is 16.2. The highest BCUT2D eigenvalue weighted by Crippen LogP contribution is 2.21. The Bertz CT molecular complexity index is 550. The lowest BCUT2D eigenvalue weighted by molar-refractivity contribution is 0.567. The maximum absolute atomic E-state index is 5.23. The Kier molecular flexibility index (Phi) is 6.00. The van der Waals surface area contributed by atoms with Gasteiger partial charge in [-0.3, -0.25) is 0 Å². The molecule has 0 aliphatic rings. The summed E-state index contributed by atoms with van der Waals surface area (Å²) in [5.74, 6) is 0. The van der Waals surface area contributed by atoms with Crippen LogP contribution in [-0.2, 0) is 0 Å². The van der Waals surface area contributed by atoms with E-state index >= 15 is 0 Å². The molecule has 4 heteroatoms. The van der Waals surface area contributed by atoms with Crippen molar-refractivity contribution in [1.82, 2.24) is 0 Å². The smallest absolute Gasteiger partial charge is 0.107 e. The summed E-state index contributed by atoms with van der Waals surface area (Å²) in [5, 5.41) is 0. The fourth-order valence-corrected chi connectivity index (χ4v) is 2.56. The molecule has 2 rings (SSSR count). The molecule has 0 saturated carbocycles. The fourth-order valence-electron chi connectivity index (χ4n) is 1.57. The van der Waals surface area contributed by atoms with Crippen molar-refractivity contribution in [2.24, 2.45) is 5.73 Å². The normalized spacial score (nSPS) is 9.74. The molecular weight excluding hydrogens is 369 g/mol. The van der Waals surface area contributed by atoms with Crippen molar-refractivity contribution in [3.8, 4) is 0 Å². The van der Waals surface area contributed by atoms with Gasteiger partial charge in [-0.05, 0) is 84.7 Å². The number of hydrogen-bond acceptors (Lipinski definition) is 2. The van der Waals surface area contributed by atoms with Gasteiger partial charge in [-0.15, -0.1) is 0 Å². The lowest BCUT2D eigenvalue weighted by atomic mass is 10.0. The van der Waals surface area contributed by atoms with Gasteiger partial charge in [0.15, 0.2) is 0 Å². The average Bonchev–Trinajstić information content (AvgIpc) is 2.89. The van der Waals surface area contributed by atoms with Gasteiger partial charge in [-0.2, -0.15) is 0 Å². The predicted molar refractivity (Wildman–Crippen MR) is 92.7 cm³/mol. The molecule has 0 radical (unpaired) electrons. The second kappa shape index (κ2) is 7.05. The molecule has 102 valence electrons. The van der Waals surface area contributed by atoms with E-state index in [0.29, 0.717) is 4.99 Å². The molecule has 19 heavy (non-hydrogen) atoms. The first-order chi connectivity index (χ1) is 8.84. The standard InChI is InChI=1S/C10H13I.C5H5NOS/c1-6-5-10(11)9(4)8(3)7(6)2;6-5(8)4-1-2-7-3-4/h5H,1-4H3;1-3H,(H2,6,8). The Morgan fingerprint density at radius 3 is 2.21 bits per heavy atom. The van der Waals surface area contributed by atoms with Crippen molar-refractivity contribution >= 4 is 39.8 Å². The van der Waals surface area contributed by atoms with E-state index < -0.39 is 0 Å². The Labute approximate surface area is 133 Å². The second-order valence-corrected chi connectivity index (χ2v) is 6.03. The van der Waals surface area contributed by atoms with Crippen molar-refractivity contribution < 1.29 is 4.42 Å². The van der Waals surface area contributed by atoms with Gasteiger partial charge in [0, 0.05) is 9.13 Å². The van der Waals surface area contributed by atoms with Crippen LogP contribution in [0.15, 0.2) is 29.1 Å². The number of benzene rings is 1. The third-order valence-electron chi connectivity index (χ3n) is 3.22. The lowest BCUT2D eigenvalue weighted by Gasteiger charge is -2.09. The first-order valence-corrected chi connectivity index (χ1v) is 7.38. The highest BCUT2D eigenvalue weighted by atomic mass is 127. The predicted octanol–water partition coefficient (Wildman–Crippen LogP) is 4.44. The van der Waals surface area contributed by atoms with Crippen molar-refractivity contribution in [3.05, 3.63) is 56.0 Å². The molecule has 1 aromatic heterocycles. The monoisotopic (exact) mass is 387 g/mol. The lowest BCUT2D eigenvalue weighted by Crippen LogP contribution is -2.07. The van der Waals surface area contributed by atoms with Gasteiger partial charge in [0.1, 0.15) is 11.3 Å². The number of rotatable bonds is 1. The molecule has 0 unspecified atom stereocenters. The van der Waals surface area contributed by atoms with Gasteiger partial charge in [-0.25, -0.2) is 0 Å². The third kappa shape index (κ3) is 4.31. The van der Waals surface area contributed by atoms with E-state index in [0.717, 1.165) is 5.56 Å². The van der Waals surface area contributed by atoms with Gasteiger partial charge in [0.2, 0.25) is 0 Å². The summed E-state index contributed by atoms with van der Waals surface area (Å²) in [6.07, 6.45) is 3.05. The summed E-state index contributed by atoms with van der Waals surface area (Å²) < 4.78 is 6.09. The molecule has 1 aromatic carbocycles. The van der Waals surface area contributed by atoms with E-state index in [1.807, 2.05) is 0 Å². The van der Waals surface area contributed by atoms with Crippen LogP contribution in [0.2, 0.25) is 0 Å². The van der Waals surface area contributed by atoms with Gasteiger partial charge < -0.3 is 10.2 Å². The van der Waals surface area contributed by atoms with Crippen LogP contribution >= 0.6 is 34.8 Å². The Balaban J connectivity index is 0.000000200. The molecule has 0 atom stereocenters. The van der Waals surface area contributed by atoms with Crippen LogP contribution in [0.4, 0.5) is 0 Å². The molecule has 0 bridgehead atoms. The number of aryl methyl sites for hydroxylation is 1. The van der Waals surface area contributed by atoms with Crippen molar-refractivity contribution in [2.45, 2.75) is 27.7 Å². The van der Waals surface area contributed by atoms with Crippen molar-refractivity contribution in [2.75, 3.05) is 0 Å². The molecular formula is C15H18INOS. The van der Waals surface area contributed by atoms with Crippen molar-refractivity contribution in [1.29, 1.82) is 0 Å². The minimum absolute atomic E-state index is 0.374. The summed E-state index contributed by atoms with van der Waals surface area (Å²) >= 11 is 7.03. The highest BCUT2D eigenvalue weighted by molar-refractivity contribution is 14.1. The van der Waals surface area contributed by atoms with Crippen LogP contribution in [-0.4, -0.2) is 4.99 Å². The van der Waals surface area contributed by atoms with Crippen LogP contribution < -0.4 is 5.73 Å². The molecule has 0 aliphatic carbocycles. The molecule has 2 N–H and O–H groups in total. The summed E-state index contributed by atoms with van der Waals surface area (Å²) in [4.78, 5) is 0.374. The topological polar surface area (TPSA) is 39.2 Å². The van der Waals surface area contributed by atoms with E-state index in [4.69, 9.17) is 10.2 Å². The Morgan fingerprint density at radius 2 is 1.79 bits per heavy atom. The zero-order valence-electron chi connectivity index (χ0n) is 11.6. The van der Waals surface area contributed by atoms with Gasteiger partial charge >= 0.3 is 0 Å². The van der Waals surface area contributed by atoms with E-state index in [9.17, 15) is 0 Å². The van der Waals surface area contributed by atoms with Crippen LogP contribution in [0.1, 0.15) is 27.8 Å². The minimum atomic E-state index is 0.374. The number of hydrogen-bond donors (Lipinski definition) is 1. The van der Waals surface area contributed by atoms with E-state index in [1.165, 1.54) is 38.4 Å². The van der Waals surface area contributed by atoms with E-state index in [1.54, 1.807) is 6.07 Å². The number of thiocarbonyl (C=S) groups is 1. The maximum atomic E-state index is 5.23. The summed E-state index contributed by atoms with van der Waals surface area (Å²) in [6.45, 7) is 8.74. The van der Waals surface area contributed by atoms with E-state index in [2.05, 4.69) is 68.6 Å². The van der Waals surface area contributed by atoms with Gasteiger partial charge in [0.05, 0.1) is 6.26 Å². The SMILES string of the molecule is Cc1cc(I)c(C)c(C)c1C.NC(=S)c1ccoc1. The minimum Gasteiger partial charge on any atom is -0.472 e. The van der Waals surface area contributed by atoms with Gasteiger partial charge in [-0.1, -0.05) is 12.2 Å². The molecule has 1 heterocycles. The van der Waals surface area contributed by atoms with E-state index in [-0.39, 0.29) is 0 Å². The molecule has 0 amide bonds. The highest BCUT2D eigenvalue weighted by Gasteiger charge is 2.03. The first-order valence-electron chi connectivity index (χ1n) is 5.89. The summed E-state index contributed by atoms with van der Waals surface area (Å²) in [7, 11) is 0. The molecule has 2 aromatic rings. The molecule has 2 nitrogen and oxygen atoms in total. The van der Waals surface area contributed by atoms with Crippen LogP contribution in [0.5, 0.6) is 0 Å². The second-order valence-electron chi connectivity index (χ2n) is 4.43. The number of halogens is 1. The van der Waals surface area contributed by atoms with Crippen LogP contribution in [0.3, 0.4) is 0 Å². The van der Waals surface area contributed by atoms with Crippen LogP contribution in [0.25, 0.3) is 0 Å². The zero-order valence-corrected chi connectivity index (χ0v) is 14.6. The molecule has 0 fully saturated rings. The molecule has 0 spiro atoms. The number of nitrogens with two attached hydrogens (primary N) is 1. The number of furan rings is 1. The Hall–Kier alpha value is -0.880. The third-order valence-corrected chi connectivity index (χ3v) is 4.58.